The summed E-state index contributed by atoms with van der Waals surface area (Å²) >= 11 is 6.93. The number of aliphatic hydroxyl groups is 1. The first-order chi connectivity index (χ1) is 8.94. The molecule has 19 heavy (non-hydrogen) atoms. The predicted octanol–water partition coefficient (Wildman–Crippen LogP) is 1.79. The van der Waals surface area contributed by atoms with Gasteiger partial charge >= 0.3 is 0 Å². The standard InChI is InChI=1S/C10H10ClN3O3S2/c1-6-7(4-15)2-8(11)3-9(6)19(16,17)14-10-13-12-5-18-10/h2-3,5,15H,4H2,1H3,(H,13,14). The number of sulfonamides is 1. The molecule has 0 fully saturated rings. The lowest BCUT2D eigenvalue weighted by molar-refractivity contribution is 0.280. The van der Waals surface area contributed by atoms with Crippen molar-refractivity contribution in [3.05, 3.63) is 33.8 Å². The maximum atomic E-state index is 12.2. The Labute approximate surface area is 119 Å². The molecule has 0 aliphatic rings. The van der Waals surface area contributed by atoms with Crippen LogP contribution in [0.15, 0.2) is 22.5 Å². The lowest BCUT2D eigenvalue weighted by Gasteiger charge is -2.11. The van der Waals surface area contributed by atoms with Gasteiger partial charge in [-0.2, -0.15) is 0 Å². The topological polar surface area (TPSA) is 92.2 Å². The molecule has 9 heteroatoms. The minimum Gasteiger partial charge on any atom is -0.392 e. The van der Waals surface area contributed by atoms with E-state index in [1.165, 1.54) is 17.6 Å². The molecule has 0 amide bonds. The molecule has 0 spiro atoms. The second-order valence-electron chi connectivity index (χ2n) is 3.70. The molecule has 2 aromatic rings. The van der Waals surface area contributed by atoms with Crippen LogP contribution in [0.5, 0.6) is 0 Å². The van der Waals surface area contributed by atoms with Gasteiger partial charge in [-0.1, -0.05) is 22.9 Å². The molecule has 1 heterocycles. The molecule has 0 saturated heterocycles. The van der Waals surface area contributed by atoms with Gasteiger partial charge in [0.1, 0.15) is 5.51 Å². The van der Waals surface area contributed by atoms with Crippen LogP contribution in [0.2, 0.25) is 5.02 Å². The van der Waals surface area contributed by atoms with E-state index in [1.807, 2.05) is 0 Å². The largest absolute Gasteiger partial charge is 0.392 e. The average Bonchev–Trinajstić information content (AvgIpc) is 2.83. The van der Waals surface area contributed by atoms with E-state index < -0.39 is 10.0 Å². The van der Waals surface area contributed by atoms with Gasteiger partial charge in [0.05, 0.1) is 11.5 Å². The second-order valence-corrected chi connectivity index (χ2v) is 6.62. The number of aliphatic hydroxyl groups excluding tert-OH is 1. The maximum Gasteiger partial charge on any atom is 0.264 e. The van der Waals surface area contributed by atoms with E-state index in [0.717, 1.165) is 11.3 Å². The third-order valence-electron chi connectivity index (χ3n) is 2.47. The molecule has 0 aliphatic carbocycles. The van der Waals surface area contributed by atoms with Crippen molar-refractivity contribution in [1.82, 2.24) is 10.2 Å². The monoisotopic (exact) mass is 319 g/mol. The Morgan fingerprint density at radius 3 is 2.79 bits per heavy atom. The first kappa shape index (κ1) is 14.2. The summed E-state index contributed by atoms with van der Waals surface area (Å²) in [5.74, 6) is 0. The quantitative estimate of drug-likeness (QED) is 0.896. The first-order valence-corrected chi connectivity index (χ1v) is 7.87. The molecule has 6 nitrogen and oxygen atoms in total. The van der Waals surface area contributed by atoms with Crippen molar-refractivity contribution < 1.29 is 13.5 Å². The molecule has 1 aromatic heterocycles. The van der Waals surface area contributed by atoms with E-state index in [1.54, 1.807) is 6.92 Å². The van der Waals surface area contributed by atoms with E-state index in [-0.39, 0.29) is 21.7 Å². The van der Waals surface area contributed by atoms with Crippen LogP contribution in [0.3, 0.4) is 0 Å². The molecule has 0 radical (unpaired) electrons. The highest BCUT2D eigenvalue weighted by molar-refractivity contribution is 7.93. The summed E-state index contributed by atoms with van der Waals surface area (Å²) in [5.41, 5.74) is 2.33. The van der Waals surface area contributed by atoms with Crippen molar-refractivity contribution in [2.75, 3.05) is 4.72 Å². The lowest BCUT2D eigenvalue weighted by Crippen LogP contribution is -2.15. The van der Waals surface area contributed by atoms with Crippen molar-refractivity contribution >= 4 is 38.1 Å². The predicted molar refractivity (Wildman–Crippen MR) is 72.8 cm³/mol. The van der Waals surface area contributed by atoms with Gasteiger partial charge in [-0.25, -0.2) is 8.42 Å². The minimum absolute atomic E-state index is 0.0132. The molecule has 0 unspecified atom stereocenters. The van der Waals surface area contributed by atoms with Crippen LogP contribution in [0, 0.1) is 6.92 Å². The van der Waals surface area contributed by atoms with Crippen molar-refractivity contribution in [3.8, 4) is 0 Å². The fraction of sp³-hybridized carbons (Fsp3) is 0.200. The number of aromatic nitrogens is 2. The van der Waals surface area contributed by atoms with Crippen molar-refractivity contribution in [2.24, 2.45) is 0 Å². The molecule has 102 valence electrons. The van der Waals surface area contributed by atoms with Crippen molar-refractivity contribution in [2.45, 2.75) is 18.4 Å². The van der Waals surface area contributed by atoms with Gasteiger partial charge in [-0.05, 0) is 30.2 Å². The third-order valence-corrected chi connectivity index (χ3v) is 4.89. The molecular weight excluding hydrogens is 310 g/mol. The first-order valence-electron chi connectivity index (χ1n) is 5.13. The van der Waals surface area contributed by atoms with Crippen LogP contribution in [0.4, 0.5) is 5.13 Å². The van der Waals surface area contributed by atoms with Crippen LogP contribution in [-0.2, 0) is 16.6 Å². The highest BCUT2D eigenvalue weighted by Crippen LogP contribution is 2.26. The van der Waals surface area contributed by atoms with Gasteiger partial charge in [0.25, 0.3) is 10.0 Å². The van der Waals surface area contributed by atoms with Crippen LogP contribution >= 0.6 is 22.9 Å². The van der Waals surface area contributed by atoms with Gasteiger partial charge in [0, 0.05) is 5.02 Å². The zero-order valence-corrected chi connectivity index (χ0v) is 12.2. The van der Waals surface area contributed by atoms with Gasteiger partial charge in [0.15, 0.2) is 0 Å². The summed E-state index contributed by atoms with van der Waals surface area (Å²) in [6, 6.07) is 2.86. The third kappa shape index (κ3) is 3.03. The Bertz CT molecular complexity index is 686. The highest BCUT2D eigenvalue weighted by Gasteiger charge is 2.20. The lowest BCUT2D eigenvalue weighted by atomic mass is 10.1. The number of nitrogens with one attached hydrogen (secondary N) is 1. The van der Waals surface area contributed by atoms with Crippen LogP contribution in [0.25, 0.3) is 0 Å². The Hall–Kier alpha value is -1.22. The van der Waals surface area contributed by atoms with Crippen molar-refractivity contribution in [3.63, 3.8) is 0 Å². The van der Waals surface area contributed by atoms with Gasteiger partial charge < -0.3 is 5.11 Å². The van der Waals surface area contributed by atoms with E-state index in [4.69, 9.17) is 11.6 Å². The molecular formula is C10H10ClN3O3S2. The summed E-state index contributed by atoms with van der Waals surface area (Å²) in [5, 5.41) is 16.8. The van der Waals surface area contributed by atoms with Crippen LogP contribution in [-0.4, -0.2) is 23.7 Å². The molecule has 0 aliphatic heterocycles. The summed E-state index contributed by atoms with van der Waals surface area (Å²) in [6.07, 6.45) is 0. The van der Waals surface area contributed by atoms with E-state index >= 15 is 0 Å². The number of hydrogen-bond acceptors (Lipinski definition) is 6. The number of anilines is 1. The van der Waals surface area contributed by atoms with Gasteiger partial charge in [-0.3, -0.25) is 4.72 Å². The minimum atomic E-state index is -3.81. The van der Waals surface area contributed by atoms with E-state index in [9.17, 15) is 13.5 Å². The molecule has 1 aromatic carbocycles. The second kappa shape index (κ2) is 5.41. The smallest absolute Gasteiger partial charge is 0.264 e. The van der Waals surface area contributed by atoms with Crippen LogP contribution < -0.4 is 4.72 Å². The Morgan fingerprint density at radius 2 is 2.21 bits per heavy atom. The van der Waals surface area contributed by atoms with Gasteiger partial charge in [0.2, 0.25) is 5.13 Å². The van der Waals surface area contributed by atoms with E-state index in [0.29, 0.717) is 11.1 Å². The molecule has 0 bridgehead atoms. The number of halogens is 1. The zero-order valence-electron chi connectivity index (χ0n) is 9.79. The highest BCUT2D eigenvalue weighted by atomic mass is 35.5. The summed E-state index contributed by atoms with van der Waals surface area (Å²) in [4.78, 5) is 0.0132. The molecule has 0 atom stereocenters. The molecule has 2 N–H and O–H groups in total. The fourth-order valence-corrected chi connectivity index (χ4v) is 3.85. The normalized spacial score (nSPS) is 11.5. The average molecular weight is 320 g/mol. The summed E-state index contributed by atoms with van der Waals surface area (Å²) in [6.45, 7) is 1.32. The number of benzene rings is 1. The van der Waals surface area contributed by atoms with Crippen LogP contribution in [0.1, 0.15) is 11.1 Å². The SMILES string of the molecule is Cc1c(CO)cc(Cl)cc1S(=O)(=O)Nc1nncs1. The van der Waals surface area contributed by atoms with Crippen molar-refractivity contribution in [1.29, 1.82) is 0 Å². The Balaban J connectivity index is 2.48. The molecule has 0 saturated carbocycles. The number of hydrogen-bond donors (Lipinski definition) is 2. The Kier molecular flexibility index (Phi) is 4.04. The molecule has 2 rings (SSSR count). The number of nitrogens with zero attached hydrogens (tertiary/aromatic N) is 2. The Morgan fingerprint density at radius 1 is 1.47 bits per heavy atom. The van der Waals surface area contributed by atoms with E-state index in [2.05, 4.69) is 14.9 Å². The number of rotatable bonds is 4. The summed E-state index contributed by atoms with van der Waals surface area (Å²) < 4.78 is 26.8. The fourth-order valence-electron chi connectivity index (χ4n) is 1.54. The zero-order chi connectivity index (χ0) is 14.0. The maximum absolute atomic E-state index is 12.2. The van der Waals surface area contributed by atoms with Gasteiger partial charge in [-0.15, -0.1) is 10.2 Å². The summed E-state index contributed by atoms with van der Waals surface area (Å²) in [7, 11) is -3.81.